The van der Waals surface area contributed by atoms with E-state index in [4.69, 9.17) is 4.74 Å². The lowest BCUT2D eigenvalue weighted by Gasteiger charge is -2.30. The molecule has 4 nitrogen and oxygen atoms in total. The quantitative estimate of drug-likeness (QED) is 0.900. The Bertz CT molecular complexity index is 544. The molecule has 0 bridgehead atoms. The number of aryl methyl sites for hydroxylation is 1. The Labute approximate surface area is 126 Å². The Balaban J connectivity index is 1.73. The van der Waals surface area contributed by atoms with Crippen molar-refractivity contribution in [1.29, 1.82) is 0 Å². The highest BCUT2D eigenvalue weighted by atomic mass is 16.5. The molecule has 0 spiro atoms. The molecule has 1 aliphatic carbocycles. The predicted octanol–water partition coefficient (Wildman–Crippen LogP) is 1.68. The maximum Gasteiger partial charge on any atom is 0.250 e. The molecular formula is C17H24N2O2. The van der Waals surface area contributed by atoms with Crippen molar-refractivity contribution in [3.8, 4) is 0 Å². The number of carbonyl (C=O) groups excluding carboxylic acids is 1. The summed E-state index contributed by atoms with van der Waals surface area (Å²) < 4.78 is 5.61. The molecule has 1 heterocycles. The molecule has 114 valence electrons. The molecule has 3 atom stereocenters. The molecule has 3 rings (SSSR count). The fourth-order valence-electron chi connectivity index (χ4n) is 3.36. The van der Waals surface area contributed by atoms with Gasteiger partial charge in [0, 0.05) is 13.1 Å². The van der Waals surface area contributed by atoms with Crippen molar-refractivity contribution >= 4 is 5.91 Å². The molecule has 0 aromatic heterocycles. The van der Waals surface area contributed by atoms with Crippen LogP contribution >= 0.6 is 0 Å². The van der Waals surface area contributed by atoms with E-state index in [2.05, 4.69) is 42.3 Å². The number of morpholine rings is 1. The minimum Gasteiger partial charge on any atom is -0.366 e. The summed E-state index contributed by atoms with van der Waals surface area (Å²) in [5, 5.41) is 3.21. The number of nitrogens with one attached hydrogen (secondary N) is 1. The maximum atomic E-state index is 12.5. The maximum absolute atomic E-state index is 12.5. The second-order valence-electron chi connectivity index (χ2n) is 6.49. The molecule has 3 unspecified atom stereocenters. The first-order chi connectivity index (χ1) is 10.0. The number of hydrogen-bond acceptors (Lipinski definition) is 3. The van der Waals surface area contributed by atoms with Gasteiger partial charge in [-0.05, 0) is 37.4 Å². The number of amides is 1. The summed E-state index contributed by atoms with van der Waals surface area (Å²) in [5.74, 6) is 0.458. The molecule has 0 saturated carbocycles. The van der Waals surface area contributed by atoms with Crippen LogP contribution < -0.4 is 5.32 Å². The molecule has 1 aromatic carbocycles. The van der Waals surface area contributed by atoms with Gasteiger partial charge in [0.2, 0.25) is 0 Å². The van der Waals surface area contributed by atoms with Crippen molar-refractivity contribution < 1.29 is 9.53 Å². The fourth-order valence-corrected chi connectivity index (χ4v) is 3.36. The zero-order chi connectivity index (χ0) is 15.0. The summed E-state index contributed by atoms with van der Waals surface area (Å²) in [7, 11) is 2.03. The lowest BCUT2D eigenvalue weighted by molar-refractivity contribution is -0.138. The molecule has 1 aliphatic heterocycles. The van der Waals surface area contributed by atoms with Crippen molar-refractivity contribution in [2.75, 3.05) is 26.7 Å². The zero-order valence-electron chi connectivity index (χ0n) is 13.1. The summed E-state index contributed by atoms with van der Waals surface area (Å²) in [4.78, 5) is 14.6. The van der Waals surface area contributed by atoms with Crippen LogP contribution in [0.2, 0.25) is 0 Å². The number of rotatable bonds is 2. The van der Waals surface area contributed by atoms with Crippen LogP contribution in [0.25, 0.3) is 0 Å². The minimum atomic E-state index is -0.343. The molecular weight excluding hydrogens is 264 g/mol. The Hall–Kier alpha value is -1.39. The van der Waals surface area contributed by atoms with E-state index in [0.29, 0.717) is 19.1 Å². The molecule has 1 amide bonds. The van der Waals surface area contributed by atoms with Crippen LogP contribution in [0.1, 0.15) is 29.7 Å². The van der Waals surface area contributed by atoms with E-state index >= 15 is 0 Å². The molecule has 21 heavy (non-hydrogen) atoms. The Kier molecular flexibility index (Phi) is 4.00. The van der Waals surface area contributed by atoms with Gasteiger partial charge in [0.1, 0.15) is 6.10 Å². The third-order valence-corrected chi connectivity index (χ3v) is 4.61. The second kappa shape index (κ2) is 5.78. The van der Waals surface area contributed by atoms with E-state index in [9.17, 15) is 4.79 Å². The lowest BCUT2D eigenvalue weighted by Crippen LogP contribution is -2.49. The summed E-state index contributed by atoms with van der Waals surface area (Å²) in [6.45, 7) is 6.50. The van der Waals surface area contributed by atoms with Gasteiger partial charge in [-0.2, -0.15) is 0 Å². The predicted molar refractivity (Wildman–Crippen MR) is 82.2 cm³/mol. The summed E-state index contributed by atoms with van der Waals surface area (Å²) in [6, 6.07) is 6.66. The highest BCUT2D eigenvalue weighted by Crippen LogP contribution is 2.36. The van der Waals surface area contributed by atoms with Gasteiger partial charge >= 0.3 is 0 Å². The third-order valence-electron chi connectivity index (χ3n) is 4.61. The molecule has 1 fully saturated rings. The minimum absolute atomic E-state index is 0.0211. The van der Waals surface area contributed by atoms with E-state index < -0.39 is 0 Å². The number of benzene rings is 1. The standard InChI is InChI=1S/C17H24N2O2/c1-11-4-5-13-9-12(2)16(14(13)8-11)18-17(20)15-10-19(3)6-7-21-15/h4-5,8,12,15-16H,6-7,9-10H2,1-3H3,(H,18,20). The molecule has 1 saturated heterocycles. The topological polar surface area (TPSA) is 41.6 Å². The number of hydrogen-bond donors (Lipinski definition) is 1. The lowest BCUT2D eigenvalue weighted by atomic mass is 10.0. The average molecular weight is 288 g/mol. The van der Waals surface area contributed by atoms with Crippen LogP contribution in [0.4, 0.5) is 0 Å². The number of fused-ring (bicyclic) bond motifs is 1. The van der Waals surface area contributed by atoms with Crippen molar-refractivity contribution in [3.05, 3.63) is 34.9 Å². The number of carbonyl (C=O) groups is 1. The van der Waals surface area contributed by atoms with Gasteiger partial charge in [-0.15, -0.1) is 0 Å². The van der Waals surface area contributed by atoms with Gasteiger partial charge in [-0.1, -0.05) is 30.7 Å². The first-order valence-electron chi connectivity index (χ1n) is 7.74. The SMILES string of the molecule is Cc1ccc2c(c1)C(NC(=O)C1CN(C)CCO1)C(C)C2. The molecule has 2 aliphatic rings. The summed E-state index contributed by atoms with van der Waals surface area (Å²) in [6.07, 6.45) is 0.691. The summed E-state index contributed by atoms with van der Waals surface area (Å²) >= 11 is 0. The molecule has 4 heteroatoms. The first kappa shape index (κ1) is 14.5. The Morgan fingerprint density at radius 1 is 1.43 bits per heavy atom. The van der Waals surface area contributed by atoms with Crippen LogP contribution in [0.5, 0.6) is 0 Å². The van der Waals surface area contributed by atoms with Crippen LogP contribution in [0.15, 0.2) is 18.2 Å². The van der Waals surface area contributed by atoms with Gasteiger partial charge in [-0.25, -0.2) is 0 Å². The molecule has 1 aromatic rings. The van der Waals surface area contributed by atoms with Crippen molar-refractivity contribution in [2.24, 2.45) is 5.92 Å². The van der Waals surface area contributed by atoms with E-state index in [1.165, 1.54) is 16.7 Å². The zero-order valence-corrected chi connectivity index (χ0v) is 13.1. The molecule has 1 N–H and O–H groups in total. The highest BCUT2D eigenvalue weighted by Gasteiger charge is 2.33. The summed E-state index contributed by atoms with van der Waals surface area (Å²) in [5.41, 5.74) is 3.89. The van der Waals surface area contributed by atoms with E-state index in [1.54, 1.807) is 0 Å². The van der Waals surface area contributed by atoms with Gasteiger partial charge in [-0.3, -0.25) is 4.79 Å². The van der Waals surface area contributed by atoms with E-state index in [-0.39, 0.29) is 18.1 Å². The van der Waals surface area contributed by atoms with Gasteiger partial charge < -0.3 is 15.0 Å². The van der Waals surface area contributed by atoms with Crippen LogP contribution in [0.3, 0.4) is 0 Å². The third kappa shape index (κ3) is 2.97. The molecule has 0 radical (unpaired) electrons. The normalized spacial score (nSPS) is 29.2. The number of likely N-dealkylation sites (N-methyl/N-ethyl adjacent to an activating group) is 1. The number of ether oxygens (including phenoxy) is 1. The Morgan fingerprint density at radius 2 is 2.24 bits per heavy atom. The van der Waals surface area contributed by atoms with Gasteiger partial charge in [0.15, 0.2) is 0 Å². The smallest absolute Gasteiger partial charge is 0.250 e. The Morgan fingerprint density at radius 3 is 3.00 bits per heavy atom. The van der Waals surface area contributed by atoms with Crippen molar-refractivity contribution in [3.63, 3.8) is 0 Å². The van der Waals surface area contributed by atoms with Gasteiger partial charge in [0.05, 0.1) is 12.6 Å². The van der Waals surface area contributed by atoms with E-state index in [0.717, 1.165) is 13.0 Å². The van der Waals surface area contributed by atoms with Crippen molar-refractivity contribution in [2.45, 2.75) is 32.4 Å². The highest BCUT2D eigenvalue weighted by molar-refractivity contribution is 5.81. The van der Waals surface area contributed by atoms with Crippen LogP contribution in [-0.4, -0.2) is 43.7 Å². The first-order valence-corrected chi connectivity index (χ1v) is 7.74. The van der Waals surface area contributed by atoms with Crippen LogP contribution in [0, 0.1) is 12.8 Å². The fraction of sp³-hybridized carbons (Fsp3) is 0.588. The largest absolute Gasteiger partial charge is 0.366 e. The second-order valence-corrected chi connectivity index (χ2v) is 6.49. The van der Waals surface area contributed by atoms with Crippen LogP contribution in [-0.2, 0) is 16.0 Å². The van der Waals surface area contributed by atoms with Crippen molar-refractivity contribution in [1.82, 2.24) is 10.2 Å². The number of nitrogens with zero attached hydrogens (tertiary/aromatic N) is 1. The van der Waals surface area contributed by atoms with Gasteiger partial charge in [0.25, 0.3) is 5.91 Å². The average Bonchev–Trinajstić information content (AvgIpc) is 2.75. The van der Waals surface area contributed by atoms with E-state index in [1.807, 2.05) is 7.05 Å². The monoisotopic (exact) mass is 288 g/mol.